The predicted molar refractivity (Wildman–Crippen MR) is 72.6 cm³/mol. The van der Waals surface area contributed by atoms with E-state index in [4.69, 9.17) is 4.74 Å². The molecule has 1 aromatic carbocycles. The Morgan fingerprint density at radius 3 is 2.79 bits per heavy atom. The van der Waals surface area contributed by atoms with Crippen molar-refractivity contribution in [3.63, 3.8) is 0 Å². The van der Waals surface area contributed by atoms with Gasteiger partial charge < -0.3 is 14.7 Å². The molecule has 1 amide bonds. The van der Waals surface area contributed by atoms with Crippen LogP contribution in [0.2, 0.25) is 0 Å². The van der Waals surface area contributed by atoms with Gasteiger partial charge in [-0.1, -0.05) is 37.3 Å². The molecule has 1 saturated heterocycles. The van der Waals surface area contributed by atoms with Crippen LogP contribution in [0.3, 0.4) is 0 Å². The van der Waals surface area contributed by atoms with Gasteiger partial charge in [-0.2, -0.15) is 0 Å². The molecule has 2 rings (SSSR count). The van der Waals surface area contributed by atoms with Crippen molar-refractivity contribution in [2.45, 2.75) is 32.5 Å². The van der Waals surface area contributed by atoms with Gasteiger partial charge in [0.2, 0.25) is 0 Å². The summed E-state index contributed by atoms with van der Waals surface area (Å²) >= 11 is 0. The Kier molecular flexibility index (Phi) is 4.10. The van der Waals surface area contributed by atoms with Crippen LogP contribution in [0, 0.1) is 5.92 Å². The summed E-state index contributed by atoms with van der Waals surface area (Å²) in [6.45, 7) is 5.03. The van der Waals surface area contributed by atoms with Crippen LogP contribution in [0.25, 0.3) is 0 Å². The fraction of sp³-hybridized carbons (Fsp3) is 0.533. The van der Waals surface area contributed by atoms with Crippen LogP contribution in [-0.4, -0.2) is 34.8 Å². The van der Waals surface area contributed by atoms with Gasteiger partial charge in [0.05, 0.1) is 12.1 Å². The number of carbonyl (C=O) groups excluding carboxylic acids is 1. The van der Waals surface area contributed by atoms with Gasteiger partial charge in [0.1, 0.15) is 6.61 Å². The zero-order valence-electron chi connectivity index (χ0n) is 11.5. The molecule has 1 aliphatic rings. The third-order valence-electron chi connectivity index (χ3n) is 3.87. The number of nitrogens with zero attached hydrogens (tertiary/aromatic N) is 1. The number of benzene rings is 1. The Morgan fingerprint density at radius 1 is 1.47 bits per heavy atom. The average molecular weight is 263 g/mol. The van der Waals surface area contributed by atoms with E-state index in [1.165, 1.54) is 0 Å². The van der Waals surface area contributed by atoms with Gasteiger partial charge >= 0.3 is 6.09 Å². The lowest BCUT2D eigenvalue weighted by molar-refractivity contribution is -0.0540. The summed E-state index contributed by atoms with van der Waals surface area (Å²) in [6, 6.07) is 9.59. The summed E-state index contributed by atoms with van der Waals surface area (Å²) < 4.78 is 5.27. The number of amides is 1. The zero-order chi connectivity index (χ0) is 13.9. The smallest absolute Gasteiger partial charge is 0.410 e. The van der Waals surface area contributed by atoms with Gasteiger partial charge in [0, 0.05) is 6.54 Å². The van der Waals surface area contributed by atoms with Gasteiger partial charge in [-0.15, -0.1) is 0 Å². The minimum Gasteiger partial charge on any atom is -0.445 e. The van der Waals surface area contributed by atoms with E-state index in [9.17, 15) is 9.90 Å². The molecule has 1 aliphatic heterocycles. The number of aliphatic hydroxyl groups is 1. The van der Waals surface area contributed by atoms with Crippen LogP contribution < -0.4 is 0 Å². The van der Waals surface area contributed by atoms with Gasteiger partial charge in [-0.05, 0) is 24.8 Å². The zero-order valence-corrected chi connectivity index (χ0v) is 11.5. The van der Waals surface area contributed by atoms with Crippen LogP contribution in [0.4, 0.5) is 4.79 Å². The highest BCUT2D eigenvalue weighted by Crippen LogP contribution is 2.27. The first-order chi connectivity index (χ1) is 8.99. The third-order valence-corrected chi connectivity index (χ3v) is 3.87. The molecule has 19 heavy (non-hydrogen) atoms. The molecule has 4 heteroatoms. The molecule has 1 N–H and O–H groups in total. The van der Waals surface area contributed by atoms with Crippen molar-refractivity contribution < 1.29 is 14.6 Å². The molecule has 1 fully saturated rings. The highest BCUT2D eigenvalue weighted by atomic mass is 16.6. The quantitative estimate of drug-likeness (QED) is 0.891. The molecule has 0 aromatic heterocycles. The lowest BCUT2D eigenvalue weighted by Crippen LogP contribution is -2.53. The van der Waals surface area contributed by atoms with Gasteiger partial charge in [0.25, 0.3) is 0 Å². The molecule has 1 aromatic rings. The maximum absolute atomic E-state index is 12.0. The number of hydrogen-bond acceptors (Lipinski definition) is 3. The Labute approximate surface area is 114 Å². The summed E-state index contributed by atoms with van der Waals surface area (Å²) in [5.41, 5.74) is 0.136. The minimum atomic E-state index is -0.829. The summed E-state index contributed by atoms with van der Waals surface area (Å²) in [5, 5.41) is 10.2. The lowest BCUT2D eigenvalue weighted by Gasteiger charge is -2.40. The largest absolute Gasteiger partial charge is 0.445 e. The molecule has 0 radical (unpaired) electrons. The molecule has 0 bridgehead atoms. The van der Waals surface area contributed by atoms with E-state index in [1.807, 2.05) is 37.3 Å². The highest BCUT2D eigenvalue weighted by Gasteiger charge is 2.37. The van der Waals surface area contributed by atoms with Crippen molar-refractivity contribution >= 4 is 6.09 Å². The van der Waals surface area contributed by atoms with Crippen molar-refractivity contribution in [1.29, 1.82) is 0 Å². The minimum absolute atomic E-state index is 0.200. The number of piperidine rings is 1. The first kappa shape index (κ1) is 13.9. The number of β-amino-alcohol motifs (C(OH)–C–C–N with tert-alkyl or cyclic N) is 1. The van der Waals surface area contributed by atoms with Crippen molar-refractivity contribution in [2.75, 3.05) is 13.1 Å². The van der Waals surface area contributed by atoms with Gasteiger partial charge in [0.15, 0.2) is 0 Å². The van der Waals surface area contributed by atoms with Crippen LogP contribution in [0.5, 0.6) is 0 Å². The van der Waals surface area contributed by atoms with E-state index >= 15 is 0 Å². The van der Waals surface area contributed by atoms with Gasteiger partial charge in [-0.25, -0.2) is 4.79 Å². The molecule has 1 heterocycles. The van der Waals surface area contributed by atoms with Crippen molar-refractivity contribution in [2.24, 2.45) is 5.92 Å². The molecule has 0 aliphatic carbocycles. The second kappa shape index (κ2) is 5.61. The monoisotopic (exact) mass is 263 g/mol. The Balaban J connectivity index is 1.87. The van der Waals surface area contributed by atoms with Crippen LogP contribution in [-0.2, 0) is 11.3 Å². The van der Waals surface area contributed by atoms with Crippen molar-refractivity contribution in [3.05, 3.63) is 35.9 Å². The van der Waals surface area contributed by atoms with E-state index in [1.54, 1.807) is 11.8 Å². The fourth-order valence-electron chi connectivity index (χ4n) is 2.25. The summed E-state index contributed by atoms with van der Waals surface area (Å²) in [7, 11) is 0. The van der Waals surface area contributed by atoms with Crippen LogP contribution >= 0.6 is 0 Å². The molecule has 104 valence electrons. The molecule has 4 nitrogen and oxygen atoms in total. The number of ether oxygens (including phenoxy) is 1. The fourth-order valence-corrected chi connectivity index (χ4v) is 2.25. The van der Waals surface area contributed by atoms with E-state index in [-0.39, 0.29) is 18.6 Å². The van der Waals surface area contributed by atoms with E-state index in [0.29, 0.717) is 13.1 Å². The van der Waals surface area contributed by atoms with E-state index in [0.717, 1.165) is 12.0 Å². The maximum atomic E-state index is 12.0. The van der Waals surface area contributed by atoms with E-state index in [2.05, 4.69) is 0 Å². The van der Waals surface area contributed by atoms with Crippen molar-refractivity contribution in [1.82, 2.24) is 4.90 Å². The molecule has 0 saturated carbocycles. The van der Waals surface area contributed by atoms with Crippen LogP contribution in [0.1, 0.15) is 25.8 Å². The maximum Gasteiger partial charge on any atom is 0.410 e. The molecule has 0 unspecified atom stereocenters. The standard InChI is InChI=1S/C15H21NO3/c1-12-8-9-16(11-15(12,2)18)14(17)19-10-13-6-4-3-5-7-13/h3-7,12,18H,8-11H2,1-2H3/t12-,15-/m1/s1. The number of hydrogen-bond donors (Lipinski definition) is 1. The predicted octanol–water partition coefficient (Wildman–Crippen LogP) is 2.42. The first-order valence-electron chi connectivity index (χ1n) is 6.67. The number of rotatable bonds is 2. The number of carbonyl (C=O) groups is 1. The first-order valence-corrected chi connectivity index (χ1v) is 6.67. The third kappa shape index (κ3) is 3.47. The SMILES string of the molecule is C[C@@H]1CCN(C(=O)OCc2ccccc2)C[C@@]1(C)O. The normalized spacial score (nSPS) is 27.1. The molecule has 2 atom stereocenters. The summed E-state index contributed by atoms with van der Waals surface area (Å²) in [5.74, 6) is 0.200. The Hall–Kier alpha value is -1.55. The Bertz CT molecular complexity index is 430. The second-order valence-corrected chi connectivity index (χ2v) is 5.51. The van der Waals surface area contributed by atoms with Gasteiger partial charge in [-0.3, -0.25) is 0 Å². The lowest BCUT2D eigenvalue weighted by atomic mass is 9.84. The van der Waals surface area contributed by atoms with Crippen LogP contribution in [0.15, 0.2) is 30.3 Å². The second-order valence-electron chi connectivity index (χ2n) is 5.51. The average Bonchev–Trinajstić information content (AvgIpc) is 2.40. The molecular formula is C15H21NO3. The summed E-state index contributed by atoms with van der Waals surface area (Å²) in [4.78, 5) is 13.5. The number of likely N-dealkylation sites (tertiary alicyclic amines) is 1. The highest BCUT2D eigenvalue weighted by molar-refractivity contribution is 5.68. The van der Waals surface area contributed by atoms with E-state index < -0.39 is 5.60 Å². The molecule has 0 spiro atoms. The Morgan fingerprint density at radius 2 is 2.16 bits per heavy atom. The summed E-state index contributed by atoms with van der Waals surface area (Å²) in [6.07, 6.45) is 0.448. The van der Waals surface area contributed by atoms with Crippen molar-refractivity contribution in [3.8, 4) is 0 Å². The topological polar surface area (TPSA) is 49.8 Å². The molecular weight excluding hydrogens is 242 g/mol.